The molecule has 2 fully saturated rings. The molecule has 0 unspecified atom stereocenters. The SMILES string of the molecule is COc1ccc(N2C(=O)CN(S(C)(=O)=O)C[C@@]2(C)C(=O)NC2CCCCCCC2)cc1. The summed E-state index contributed by atoms with van der Waals surface area (Å²) in [5.74, 6) is -0.126. The Morgan fingerprint density at radius 2 is 1.68 bits per heavy atom. The lowest BCUT2D eigenvalue weighted by atomic mass is 9.92. The second kappa shape index (κ2) is 9.56. The fraction of sp³-hybridized carbons (Fsp3) is 0.636. The Bertz CT molecular complexity index is 894. The highest BCUT2D eigenvalue weighted by atomic mass is 32.2. The van der Waals surface area contributed by atoms with Crippen LogP contribution >= 0.6 is 0 Å². The molecule has 1 atom stereocenters. The molecule has 1 heterocycles. The predicted octanol–water partition coefficient (Wildman–Crippen LogP) is 2.29. The minimum atomic E-state index is -3.64. The fourth-order valence-electron chi connectivity index (χ4n) is 4.48. The van der Waals surface area contributed by atoms with Crippen LogP contribution in [0.1, 0.15) is 51.9 Å². The second-order valence-corrected chi connectivity index (χ2v) is 10.7. The minimum absolute atomic E-state index is 0.0334. The molecule has 0 bridgehead atoms. The van der Waals surface area contributed by atoms with Gasteiger partial charge in [-0.15, -0.1) is 0 Å². The van der Waals surface area contributed by atoms with Crippen LogP contribution in [-0.4, -0.2) is 62.6 Å². The van der Waals surface area contributed by atoms with Crippen LogP contribution in [0.4, 0.5) is 5.69 Å². The van der Waals surface area contributed by atoms with Gasteiger partial charge in [-0.3, -0.25) is 14.5 Å². The molecule has 172 valence electrons. The highest BCUT2D eigenvalue weighted by Crippen LogP contribution is 2.32. The van der Waals surface area contributed by atoms with Crippen molar-refractivity contribution < 1.29 is 22.7 Å². The van der Waals surface area contributed by atoms with Gasteiger partial charge in [-0.25, -0.2) is 8.42 Å². The zero-order chi connectivity index (χ0) is 22.6. The van der Waals surface area contributed by atoms with E-state index in [1.165, 1.54) is 11.3 Å². The molecule has 1 aromatic rings. The normalized spacial score (nSPS) is 24.4. The fourth-order valence-corrected chi connectivity index (χ4v) is 5.31. The first-order valence-electron chi connectivity index (χ1n) is 10.9. The van der Waals surface area contributed by atoms with Gasteiger partial charge >= 0.3 is 0 Å². The Labute approximate surface area is 185 Å². The van der Waals surface area contributed by atoms with Crippen LogP contribution in [0.25, 0.3) is 0 Å². The minimum Gasteiger partial charge on any atom is -0.497 e. The number of hydrogen-bond donors (Lipinski definition) is 1. The molecule has 1 aliphatic heterocycles. The van der Waals surface area contributed by atoms with Crippen molar-refractivity contribution in [2.45, 2.75) is 63.5 Å². The van der Waals surface area contributed by atoms with E-state index in [2.05, 4.69) is 5.32 Å². The van der Waals surface area contributed by atoms with Crippen LogP contribution < -0.4 is 15.0 Å². The number of nitrogens with one attached hydrogen (secondary N) is 1. The number of nitrogens with zero attached hydrogens (tertiary/aromatic N) is 2. The van der Waals surface area contributed by atoms with Crippen LogP contribution in [0, 0.1) is 0 Å². The number of carbonyl (C=O) groups excluding carboxylic acids is 2. The lowest BCUT2D eigenvalue weighted by Gasteiger charge is -2.47. The Kier molecular flexibility index (Phi) is 7.26. The summed E-state index contributed by atoms with van der Waals surface area (Å²) in [6.07, 6.45) is 8.50. The number of amides is 2. The van der Waals surface area contributed by atoms with E-state index in [0.29, 0.717) is 11.4 Å². The molecule has 1 saturated heterocycles. The first kappa shape index (κ1) is 23.5. The van der Waals surface area contributed by atoms with E-state index in [1.54, 1.807) is 38.3 Å². The average molecular weight is 452 g/mol. The molecule has 2 amide bonds. The van der Waals surface area contributed by atoms with Gasteiger partial charge in [0.05, 0.1) is 19.9 Å². The molecule has 3 rings (SSSR count). The summed E-state index contributed by atoms with van der Waals surface area (Å²) in [4.78, 5) is 28.1. The van der Waals surface area contributed by atoms with Crippen LogP contribution in [0.15, 0.2) is 24.3 Å². The number of sulfonamides is 1. The maximum Gasteiger partial charge on any atom is 0.247 e. The third-order valence-electron chi connectivity index (χ3n) is 6.27. The van der Waals surface area contributed by atoms with Gasteiger partial charge in [-0.05, 0) is 44.0 Å². The number of anilines is 1. The van der Waals surface area contributed by atoms with Gasteiger partial charge < -0.3 is 10.1 Å². The standard InChI is InChI=1S/C22H33N3O5S/c1-22(21(27)23-17-9-7-5-4-6-8-10-17)16-24(31(3,28)29)15-20(26)25(22)18-11-13-19(30-2)14-12-18/h11-14,17H,4-10,15-16H2,1-3H3,(H,23,27)/t22-/m0/s1. The van der Waals surface area contributed by atoms with Gasteiger partial charge in [0.25, 0.3) is 0 Å². The van der Waals surface area contributed by atoms with Crippen molar-refractivity contribution in [3.05, 3.63) is 24.3 Å². The lowest BCUT2D eigenvalue weighted by molar-refractivity contribution is -0.133. The maximum atomic E-state index is 13.6. The second-order valence-electron chi connectivity index (χ2n) is 8.75. The van der Waals surface area contributed by atoms with Crippen molar-refractivity contribution in [3.8, 4) is 5.75 Å². The third kappa shape index (κ3) is 5.38. The van der Waals surface area contributed by atoms with Crippen LogP contribution in [-0.2, 0) is 19.6 Å². The van der Waals surface area contributed by atoms with Crippen LogP contribution in [0.2, 0.25) is 0 Å². The van der Waals surface area contributed by atoms with Crippen molar-refractivity contribution in [3.63, 3.8) is 0 Å². The van der Waals surface area contributed by atoms with E-state index in [-0.39, 0.29) is 25.0 Å². The molecule has 8 nitrogen and oxygen atoms in total. The van der Waals surface area contributed by atoms with Crippen LogP contribution in [0.3, 0.4) is 0 Å². The molecule has 9 heteroatoms. The lowest BCUT2D eigenvalue weighted by Crippen LogP contribution is -2.70. The smallest absolute Gasteiger partial charge is 0.247 e. The summed E-state index contributed by atoms with van der Waals surface area (Å²) >= 11 is 0. The summed E-state index contributed by atoms with van der Waals surface area (Å²) < 4.78 is 30.8. The highest BCUT2D eigenvalue weighted by Gasteiger charge is 2.50. The summed E-state index contributed by atoms with van der Waals surface area (Å²) in [5, 5.41) is 3.13. The molecule has 1 N–H and O–H groups in total. The van der Waals surface area contributed by atoms with Crippen molar-refractivity contribution in [1.29, 1.82) is 0 Å². The zero-order valence-corrected chi connectivity index (χ0v) is 19.4. The van der Waals surface area contributed by atoms with E-state index in [1.807, 2.05) is 0 Å². The van der Waals surface area contributed by atoms with E-state index >= 15 is 0 Å². The molecule has 0 aromatic heterocycles. The van der Waals surface area contributed by atoms with Crippen molar-refractivity contribution in [2.24, 2.45) is 0 Å². The quantitative estimate of drug-likeness (QED) is 0.741. The molecular weight excluding hydrogens is 418 g/mol. The summed E-state index contributed by atoms with van der Waals surface area (Å²) in [5.41, 5.74) is -0.829. The van der Waals surface area contributed by atoms with E-state index in [9.17, 15) is 18.0 Å². The summed E-state index contributed by atoms with van der Waals surface area (Å²) in [6, 6.07) is 6.91. The molecule has 2 aliphatic rings. The largest absolute Gasteiger partial charge is 0.497 e. The van der Waals surface area contributed by atoms with Gasteiger partial charge in [0.1, 0.15) is 11.3 Å². The van der Waals surface area contributed by atoms with E-state index < -0.39 is 21.5 Å². The molecule has 31 heavy (non-hydrogen) atoms. The third-order valence-corrected chi connectivity index (χ3v) is 7.46. The average Bonchev–Trinajstić information content (AvgIpc) is 2.69. The van der Waals surface area contributed by atoms with Crippen molar-refractivity contribution >= 4 is 27.5 Å². The van der Waals surface area contributed by atoms with Crippen molar-refractivity contribution in [1.82, 2.24) is 9.62 Å². The van der Waals surface area contributed by atoms with Crippen LogP contribution in [0.5, 0.6) is 5.75 Å². The van der Waals surface area contributed by atoms with Gasteiger partial charge in [-0.1, -0.05) is 32.1 Å². The zero-order valence-electron chi connectivity index (χ0n) is 18.6. The number of ether oxygens (including phenoxy) is 1. The molecule has 1 aromatic carbocycles. The Hall–Kier alpha value is -2.13. The van der Waals surface area contributed by atoms with Gasteiger partial charge in [0.15, 0.2) is 0 Å². The molecule has 0 spiro atoms. The van der Waals surface area contributed by atoms with Gasteiger partial charge in [0.2, 0.25) is 21.8 Å². The molecule has 1 aliphatic carbocycles. The molecule has 1 saturated carbocycles. The van der Waals surface area contributed by atoms with E-state index in [4.69, 9.17) is 4.74 Å². The van der Waals surface area contributed by atoms with Gasteiger partial charge in [-0.2, -0.15) is 4.31 Å². The number of hydrogen-bond acceptors (Lipinski definition) is 5. The first-order valence-corrected chi connectivity index (χ1v) is 12.7. The number of methoxy groups -OCH3 is 1. The van der Waals surface area contributed by atoms with Crippen molar-refractivity contribution in [2.75, 3.05) is 31.4 Å². The topological polar surface area (TPSA) is 96.0 Å². The number of piperazine rings is 1. The Morgan fingerprint density at radius 1 is 1.10 bits per heavy atom. The predicted molar refractivity (Wildman–Crippen MR) is 120 cm³/mol. The molecule has 0 radical (unpaired) electrons. The molecular formula is C22H33N3O5S. The monoisotopic (exact) mass is 451 g/mol. The summed E-state index contributed by atoms with van der Waals surface area (Å²) in [7, 11) is -2.08. The first-order chi connectivity index (χ1) is 14.6. The maximum absolute atomic E-state index is 13.6. The Morgan fingerprint density at radius 3 is 2.23 bits per heavy atom. The number of benzene rings is 1. The Balaban J connectivity index is 1.93. The number of rotatable bonds is 5. The summed E-state index contributed by atoms with van der Waals surface area (Å²) in [6.45, 7) is 1.25. The van der Waals surface area contributed by atoms with E-state index in [0.717, 1.165) is 49.1 Å². The van der Waals surface area contributed by atoms with Gasteiger partial charge in [0, 0.05) is 18.3 Å². The number of carbonyl (C=O) groups is 2. The highest BCUT2D eigenvalue weighted by molar-refractivity contribution is 7.88.